The van der Waals surface area contributed by atoms with Crippen molar-refractivity contribution in [1.29, 1.82) is 0 Å². The van der Waals surface area contributed by atoms with Gasteiger partial charge in [-0.3, -0.25) is 0 Å². The molecule has 0 amide bonds. The molecule has 0 aliphatic heterocycles. The van der Waals surface area contributed by atoms with E-state index in [0.717, 1.165) is 28.2 Å². The van der Waals surface area contributed by atoms with Crippen molar-refractivity contribution in [1.82, 2.24) is 0 Å². The molecule has 0 fully saturated rings. The van der Waals surface area contributed by atoms with Crippen molar-refractivity contribution < 1.29 is 9.47 Å². The molecule has 3 nitrogen and oxygen atoms in total. The summed E-state index contributed by atoms with van der Waals surface area (Å²) in [7, 11) is 1.65. The molecule has 0 aliphatic carbocycles. The Labute approximate surface area is 125 Å². The minimum absolute atomic E-state index is 0.337. The van der Waals surface area contributed by atoms with Crippen LogP contribution in [0.1, 0.15) is 16.7 Å². The molecule has 2 N–H and O–H groups in total. The van der Waals surface area contributed by atoms with Crippen LogP contribution in [0.25, 0.3) is 0 Å². The monoisotopic (exact) mass is 281 g/mol. The Bertz CT molecular complexity index is 668. The molecule has 2 aromatic carbocycles. The van der Waals surface area contributed by atoms with Gasteiger partial charge in [-0.05, 0) is 42.3 Å². The van der Waals surface area contributed by atoms with Crippen LogP contribution >= 0.6 is 0 Å². The standard InChI is InChI=1S/C18H19NO2/c1-14-8-9-18(16(11-14)6-4-10-19)21-13-15-5-3-7-17(12-15)20-2/h3,5,7-9,11-12H,10,13,19H2,1-2H3. The van der Waals surface area contributed by atoms with Crippen molar-refractivity contribution in [2.24, 2.45) is 5.73 Å². The molecule has 2 aromatic rings. The average Bonchev–Trinajstić information content (AvgIpc) is 2.52. The van der Waals surface area contributed by atoms with Crippen molar-refractivity contribution >= 4 is 0 Å². The average molecular weight is 281 g/mol. The second-order valence-corrected chi connectivity index (χ2v) is 4.65. The molecule has 0 radical (unpaired) electrons. The Balaban J connectivity index is 2.15. The number of benzene rings is 2. The van der Waals surface area contributed by atoms with Crippen molar-refractivity contribution in [2.75, 3.05) is 13.7 Å². The number of rotatable bonds is 4. The molecule has 0 atom stereocenters. The maximum absolute atomic E-state index is 5.88. The first kappa shape index (κ1) is 15.0. The minimum atomic E-state index is 0.337. The third-order valence-corrected chi connectivity index (χ3v) is 2.99. The highest BCUT2D eigenvalue weighted by Crippen LogP contribution is 2.21. The highest BCUT2D eigenvalue weighted by Gasteiger charge is 2.03. The van der Waals surface area contributed by atoms with E-state index in [0.29, 0.717) is 13.2 Å². The van der Waals surface area contributed by atoms with Gasteiger partial charge in [-0.1, -0.05) is 30.0 Å². The maximum atomic E-state index is 5.88. The fourth-order valence-corrected chi connectivity index (χ4v) is 1.94. The van der Waals surface area contributed by atoms with Crippen LogP contribution in [0.3, 0.4) is 0 Å². The van der Waals surface area contributed by atoms with Gasteiger partial charge in [0.15, 0.2) is 0 Å². The van der Waals surface area contributed by atoms with E-state index in [2.05, 4.69) is 11.8 Å². The normalized spacial score (nSPS) is 9.67. The molecule has 0 bridgehead atoms. The second-order valence-electron chi connectivity index (χ2n) is 4.65. The van der Waals surface area contributed by atoms with Gasteiger partial charge in [0.1, 0.15) is 18.1 Å². The van der Waals surface area contributed by atoms with E-state index in [1.807, 2.05) is 49.4 Å². The lowest BCUT2D eigenvalue weighted by Gasteiger charge is -2.10. The van der Waals surface area contributed by atoms with E-state index in [9.17, 15) is 0 Å². The van der Waals surface area contributed by atoms with E-state index >= 15 is 0 Å². The Kier molecular flexibility index (Phi) is 5.25. The Morgan fingerprint density at radius 3 is 2.76 bits per heavy atom. The van der Waals surface area contributed by atoms with Gasteiger partial charge in [-0.25, -0.2) is 0 Å². The summed E-state index contributed by atoms with van der Waals surface area (Å²) in [6, 6.07) is 13.8. The summed E-state index contributed by atoms with van der Waals surface area (Å²) in [5.41, 5.74) is 8.49. The number of ether oxygens (including phenoxy) is 2. The van der Waals surface area contributed by atoms with Crippen LogP contribution in [-0.2, 0) is 6.61 Å². The predicted octanol–water partition coefficient (Wildman–Crippen LogP) is 2.89. The first-order valence-electron chi connectivity index (χ1n) is 6.78. The molecule has 0 heterocycles. The maximum Gasteiger partial charge on any atom is 0.135 e. The summed E-state index contributed by atoms with van der Waals surface area (Å²) in [5, 5.41) is 0. The molecule has 0 spiro atoms. The van der Waals surface area contributed by atoms with Crippen molar-refractivity contribution in [2.45, 2.75) is 13.5 Å². The number of nitrogens with two attached hydrogens (primary N) is 1. The van der Waals surface area contributed by atoms with E-state index < -0.39 is 0 Å². The van der Waals surface area contributed by atoms with Gasteiger partial charge in [0, 0.05) is 0 Å². The molecule has 3 heteroatoms. The third kappa shape index (κ3) is 4.27. The van der Waals surface area contributed by atoms with Gasteiger partial charge < -0.3 is 15.2 Å². The first-order valence-corrected chi connectivity index (χ1v) is 6.78. The van der Waals surface area contributed by atoms with Crippen molar-refractivity contribution in [3.8, 4) is 23.3 Å². The molecule has 0 saturated carbocycles. The zero-order valence-corrected chi connectivity index (χ0v) is 12.3. The van der Waals surface area contributed by atoms with Gasteiger partial charge in [0.25, 0.3) is 0 Å². The topological polar surface area (TPSA) is 44.5 Å². The summed E-state index contributed by atoms with van der Waals surface area (Å²) < 4.78 is 11.1. The van der Waals surface area contributed by atoms with E-state index in [1.54, 1.807) is 7.11 Å². The Morgan fingerprint density at radius 1 is 1.14 bits per heavy atom. The molecule has 108 valence electrons. The smallest absolute Gasteiger partial charge is 0.135 e. The first-order chi connectivity index (χ1) is 10.2. The second kappa shape index (κ2) is 7.37. The molecule has 0 saturated heterocycles. The van der Waals surface area contributed by atoms with Gasteiger partial charge in [0.2, 0.25) is 0 Å². The van der Waals surface area contributed by atoms with Crippen LogP contribution in [0.2, 0.25) is 0 Å². The Hall–Kier alpha value is -2.44. The molecule has 21 heavy (non-hydrogen) atoms. The molecule has 0 aliphatic rings. The van der Waals surface area contributed by atoms with Crippen LogP contribution in [0, 0.1) is 18.8 Å². The predicted molar refractivity (Wildman–Crippen MR) is 84.4 cm³/mol. The van der Waals surface area contributed by atoms with E-state index in [-0.39, 0.29) is 0 Å². The van der Waals surface area contributed by atoms with Crippen molar-refractivity contribution in [3.05, 3.63) is 59.2 Å². The molecule has 0 aromatic heterocycles. The number of aryl methyl sites for hydroxylation is 1. The van der Waals surface area contributed by atoms with Crippen molar-refractivity contribution in [3.63, 3.8) is 0 Å². The van der Waals surface area contributed by atoms with Gasteiger partial charge in [-0.2, -0.15) is 0 Å². The fraction of sp³-hybridized carbons (Fsp3) is 0.222. The fourth-order valence-electron chi connectivity index (χ4n) is 1.94. The highest BCUT2D eigenvalue weighted by molar-refractivity contribution is 5.48. The zero-order valence-electron chi connectivity index (χ0n) is 12.3. The number of hydrogen-bond acceptors (Lipinski definition) is 3. The van der Waals surface area contributed by atoms with Crippen LogP contribution in [0.4, 0.5) is 0 Å². The van der Waals surface area contributed by atoms with Gasteiger partial charge in [0.05, 0.1) is 19.2 Å². The molecular weight excluding hydrogens is 262 g/mol. The highest BCUT2D eigenvalue weighted by atomic mass is 16.5. The SMILES string of the molecule is COc1cccc(COc2ccc(C)cc2C#CCN)c1. The zero-order chi connectivity index (χ0) is 15.1. The molecular formula is C18H19NO2. The minimum Gasteiger partial charge on any atom is -0.497 e. The number of hydrogen-bond donors (Lipinski definition) is 1. The Morgan fingerprint density at radius 2 is 2.00 bits per heavy atom. The van der Waals surface area contributed by atoms with E-state index in [1.165, 1.54) is 0 Å². The summed E-state index contributed by atoms with van der Waals surface area (Å²) in [5.74, 6) is 7.50. The quantitative estimate of drug-likeness (QED) is 0.876. The summed E-state index contributed by atoms with van der Waals surface area (Å²) >= 11 is 0. The lowest BCUT2D eigenvalue weighted by Crippen LogP contribution is -1.99. The summed E-state index contributed by atoms with van der Waals surface area (Å²) in [4.78, 5) is 0. The van der Waals surface area contributed by atoms with Gasteiger partial charge >= 0.3 is 0 Å². The molecule has 2 rings (SSSR count). The van der Waals surface area contributed by atoms with E-state index in [4.69, 9.17) is 15.2 Å². The largest absolute Gasteiger partial charge is 0.497 e. The van der Waals surface area contributed by atoms with Gasteiger partial charge in [-0.15, -0.1) is 0 Å². The summed E-state index contributed by atoms with van der Waals surface area (Å²) in [6.07, 6.45) is 0. The van der Waals surface area contributed by atoms with Crippen LogP contribution in [0.15, 0.2) is 42.5 Å². The lowest BCUT2D eigenvalue weighted by molar-refractivity contribution is 0.304. The molecule has 0 unspecified atom stereocenters. The summed E-state index contributed by atoms with van der Waals surface area (Å²) in [6.45, 7) is 2.83. The number of methoxy groups -OCH3 is 1. The van der Waals surface area contributed by atoms with Crippen LogP contribution in [-0.4, -0.2) is 13.7 Å². The van der Waals surface area contributed by atoms with Crippen LogP contribution in [0.5, 0.6) is 11.5 Å². The van der Waals surface area contributed by atoms with Crippen LogP contribution < -0.4 is 15.2 Å². The third-order valence-electron chi connectivity index (χ3n) is 2.99. The lowest BCUT2D eigenvalue weighted by atomic mass is 10.1.